The summed E-state index contributed by atoms with van der Waals surface area (Å²) in [6.07, 6.45) is 0. The van der Waals surface area contributed by atoms with E-state index in [2.05, 4.69) is 15.5 Å². The van der Waals surface area contributed by atoms with Crippen LogP contribution in [0, 0.1) is 0 Å². The van der Waals surface area contributed by atoms with E-state index in [1.807, 2.05) is 24.3 Å². The van der Waals surface area contributed by atoms with E-state index in [4.69, 9.17) is 14.2 Å². The van der Waals surface area contributed by atoms with Gasteiger partial charge in [0.25, 0.3) is 0 Å². The molecule has 1 aliphatic heterocycles. The van der Waals surface area contributed by atoms with Gasteiger partial charge in [-0.05, 0) is 12.1 Å². The monoisotopic (exact) mass is 323 g/mol. The van der Waals surface area contributed by atoms with Crippen LogP contribution in [0.1, 0.15) is 0 Å². The Hall–Kier alpha value is -1.99. The highest BCUT2D eigenvalue weighted by molar-refractivity contribution is 5.73. The van der Waals surface area contributed by atoms with Crippen LogP contribution in [-0.4, -0.2) is 70.6 Å². The van der Waals surface area contributed by atoms with E-state index >= 15 is 0 Å². The number of rotatable bonds is 8. The van der Waals surface area contributed by atoms with Crippen molar-refractivity contribution in [2.24, 2.45) is 0 Å². The van der Waals surface area contributed by atoms with Crippen LogP contribution in [0.3, 0.4) is 0 Å². The summed E-state index contributed by atoms with van der Waals surface area (Å²) in [4.78, 5) is 13.9. The van der Waals surface area contributed by atoms with E-state index in [-0.39, 0.29) is 6.03 Å². The SMILES string of the molecule is COc1cccc(OCCNC(=O)NCCN2CCOCC2)c1. The lowest BCUT2D eigenvalue weighted by molar-refractivity contribution is 0.0387. The summed E-state index contributed by atoms with van der Waals surface area (Å²) in [5, 5.41) is 5.61. The summed E-state index contributed by atoms with van der Waals surface area (Å²) in [7, 11) is 1.61. The number of hydrogen-bond donors (Lipinski definition) is 2. The second-order valence-electron chi connectivity index (χ2n) is 5.16. The number of carbonyl (C=O) groups excluding carboxylic acids is 1. The minimum Gasteiger partial charge on any atom is -0.497 e. The summed E-state index contributed by atoms with van der Waals surface area (Å²) >= 11 is 0. The third-order valence-electron chi connectivity index (χ3n) is 3.51. The lowest BCUT2D eigenvalue weighted by Crippen LogP contribution is -2.44. The van der Waals surface area contributed by atoms with Gasteiger partial charge in [0.15, 0.2) is 0 Å². The van der Waals surface area contributed by atoms with Crippen LogP contribution in [0.15, 0.2) is 24.3 Å². The molecule has 23 heavy (non-hydrogen) atoms. The highest BCUT2D eigenvalue weighted by atomic mass is 16.5. The largest absolute Gasteiger partial charge is 0.497 e. The average molecular weight is 323 g/mol. The Balaban J connectivity index is 1.52. The molecule has 128 valence electrons. The summed E-state index contributed by atoms with van der Waals surface area (Å²) in [5.74, 6) is 1.47. The first kappa shape index (κ1) is 17.4. The highest BCUT2D eigenvalue weighted by Gasteiger charge is 2.09. The Morgan fingerprint density at radius 2 is 1.96 bits per heavy atom. The van der Waals surface area contributed by atoms with Gasteiger partial charge in [0.1, 0.15) is 18.1 Å². The van der Waals surface area contributed by atoms with Gasteiger partial charge >= 0.3 is 6.03 Å². The van der Waals surface area contributed by atoms with Crippen LogP contribution in [-0.2, 0) is 4.74 Å². The fourth-order valence-corrected chi connectivity index (χ4v) is 2.24. The van der Waals surface area contributed by atoms with Crippen LogP contribution in [0.25, 0.3) is 0 Å². The number of carbonyl (C=O) groups is 1. The van der Waals surface area contributed by atoms with Crippen LogP contribution in [0.2, 0.25) is 0 Å². The molecule has 1 heterocycles. The molecule has 2 rings (SSSR count). The summed E-state index contributed by atoms with van der Waals surface area (Å²) in [5.41, 5.74) is 0. The first-order valence-electron chi connectivity index (χ1n) is 7.86. The molecule has 7 heteroatoms. The van der Waals surface area contributed by atoms with Crippen molar-refractivity contribution in [3.05, 3.63) is 24.3 Å². The van der Waals surface area contributed by atoms with Gasteiger partial charge in [0, 0.05) is 32.2 Å². The van der Waals surface area contributed by atoms with Crippen molar-refractivity contribution in [1.82, 2.24) is 15.5 Å². The van der Waals surface area contributed by atoms with Gasteiger partial charge in [-0.1, -0.05) is 6.07 Å². The van der Waals surface area contributed by atoms with Gasteiger partial charge in [-0.15, -0.1) is 0 Å². The molecule has 7 nitrogen and oxygen atoms in total. The second-order valence-corrected chi connectivity index (χ2v) is 5.16. The zero-order valence-corrected chi connectivity index (χ0v) is 13.5. The molecule has 2 amide bonds. The van der Waals surface area contributed by atoms with Crippen molar-refractivity contribution in [1.29, 1.82) is 0 Å². The number of urea groups is 1. The predicted molar refractivity (Wildman–Crippen MR) is 87.1 cm³/mol. The molecular formula is C16H25N3O4. The van der Waals surface area contributed by atoms with Gasteiger partial charge in [0.05, 0.1) is 26.9 Å². The zero-order valence-electron chi connectivity index (χ0n) is 13.5. The molecule has 1 saturated heterocycles. The predicted octanol–water partition coefficient (Wildman–Crippen LogP) is 0.705. The maximum absolute atomic E-state index is 11.7. The Labute approximate surface area is 136 Å². The fourth-order valence-electron chi connectivity index (χ4n) is 2.24. The van der Waals surface area contributed by atoms with Crippen LogP contribution in [0.5, 0.6) is 11.5 Å². The topological polar surface area (TPSA) is 72.1 Å². The Kier molecular flexibility index (Phi) is 7.48. The molecule has 0 aromatic heterocycles. The molecule has 0 spiro atoms. The normalized spacial score (nSPS) is 15.0. The molecule has 1 aromatic carbocycles. The molecule has 0 saturated carbocycles. The van der Waals surface area contributed by atoms with Crippen LogP contribution >= 0.6 is 0 Å². The Bertz CT molecular complexity index is 478. The van der Waals surface area contributed by atoms with Gasteiger partial charge in [-0.3, -0.25) is 4.90 Å². The Morgan fingerprint density at radius 3 is 2.74 bits per heavy atom. The molecule has 0 radical (unpaired) electrons. The standard InChI is InChI=1S/C16H25N3O4/c1-21-14-3-2-4-15(13-14)23-10-6-18-16(20)17-5-7-19-8-11-22-12-9-19/h2-4,13H,5-12H2,1H3,(H2,17,18,20). The second kappa shape index (κ2) is 9.91. The lowest BCUT2D eigenvalue weighted by atomic mass is 10.3. The van der Waals surface area contributed by atoms with Crippen molar-refractivity contribution < 1.29 is 19.0 Å². The number of benzene rings is 1. The van der Waals surface area contributed by atoms with Crippen LogP contribution in [0.4, 0.5) is 4.79 Å². The first-order valence-corrected chi connectivity index (χ1v) is 7.86. The number of nitrogens with one attached hydrogen (secondary N) is 2. The molecular weight excluding hydrogens is 298 g/mol. The maximum Gasteiger partial charge on any atom is 0.314 e. The quantitative estimate of drug-likeness (QED) is 0.689. The van der Waals surface area contributed by atoms with Crippen molar-refractivity contribution in [3.63, 3.8) is 0 Å². The zero-order chi connectivity index (χ0) is 16.3. The van der Waals surface area contributed by atoms with E-state index in [0.717, 1.165) is 44.3 Å². The number of morpholine rings is 1. The minimum absolute atomic E-state index is 0.174. The molecule has 0 unspecified atom stereocenters. The first-order chi connectivity index (χ1) is 11.3. The van der Waals surface area contributed by atoms with E-state index < -0.39 is 0 Å². The molecule has 1 aliphatic rings. The van der Waals surface area contributed by atoms with E-state index in [0.29, 0.717) is 19.7 Å². The summed E-state index contributed by atoms with van der Waals surface area (Å²) < 4.78 is 16.0. The van der Waals surface area contributed by atoms with Gasteiger partial charge in [-0.25, -0.2) is 4.79 Å². The number of nitrogens with zero attached hydrogens (tertiary/aromatic N) is 1. The lowest BCUT2D eigenvalue weighted by Gasteiger charge is -2.26. The van der Waals surface area contributed by atoms with Crippen LogP contribution < -0.4 is 20.1 Å². The average Bonchev–Trinajstić information content (AvgIpc) is 2.60. The van der Waals surface area contributed by atoms with Gasteiger partial charge in [-0.2, -0.15) is 0 Å². The van der Waals surface area contributed by atoms with Gasteiger partial charge < -0.3 is 24.8 Å². The van der Waals surface area contributed by atoms with E-state index in [1.165, 1.54) is 0 Å². The molecule has 1 aromatic rings. The molecule has 0 aliphatic carbocycles. The molecule has 0 atom stereocenters. The van der Waals surface area contributed by atoms with E-state index in [9.17, 15) is 4.79 Å². The fraction of sp³-hybridized carbons (Fsp3) is 0.562. The van der Waals surface area contributed by atoms with Crippen molar-refractivity contribution in [2.75, 3.05) is 59.7 Å². The highest BCUT2D eigenvalue weighted by Crippen LogP contribution is 2.18. The van der Waals surface area contributed by atoms with Crippen molar-refractivity contribution in [2.45, 2.75) is 0 Å². The molecule has 1 fully saturated rings. The van der Waals surface area contributed by atoms with Crippen molar-refractivity contribution in [3.8, 4) is 11.5 Å². The maximum atomic E-state index is 11.7. The molecule has 2 N–H and O–H groups in total. The van der Waals surface area contributed by atoms with E-state index in [1.54, 1.807) is 7.11 Å². The number of ether oxygens (including phenoxy) is 3. The summed E-state index contributed by atoms with van der Waals surface area (Å²) in [6, 6.07) is 7.20. The van der Waals surface area contributed by atoms with Gasteiger partial charge in [0.2, 0.25) is 0 Å². The minimum atomic E-state index is -0.174. The summed E-state index contributed by atoms with van der Waals surface area (Å²) in [6.45, 7) is 5.72. The number of hydrogen-bond acceptors (Lipinski definition) is 5. The number of amides is 2. The Morgan fingerprint density at radius 1 is 1.22 bits per heavy atom. The van der Waals surface area contributed by atoms with Crippen molar-refractivity contribution >= 4 is 6.03 Å². The third kappa shape index (κ3) is 6.75. The molecule has 0 bridgehead atoms. The smallest absolute Gasteiger partial charge is 0.314 e. The third-order valence-corrected chi connectivity index (χ3v) is 3.51. The number of methoxy groups -OCH3 is 1.